The normalized spacial score (nSPS) is 14.9. The molecule has 8 nitrogen and oxygen atoms in total. The number of carbonyl (C=O) groups is 1. The summed E-state index contributed by atoms with van der Waals surface area (Å²) in [5.74, 6) is 0.397. The van der Waals surface area contributed by atoms with Crippen LogP contribution in [-0.4, -0.2) is 56.2 Å². The molecule has 1 N–H and O–H groups in total. The van der Waals surface area contributed by atoms with Crippen molar-refractivity contribution in [1.29, 1.82) is 0 Å². The van der Waals surface area contributed by atoms with Crippen molar-refractivity contribution in [2.45, 2.75) is 32.6 Å². The number of benzene rings is 2. The maximum atomic E-state index is 12.7. The van der Waals surface area contributed by atoms with E-state index in [4.69, 9.17) is 9.29 Å². The van der Waals surface area contributed by atoms with E-state index in [-0.39, 0.29) is 10.8 Å². The third kappa shape index (κ3) is 6.98. The zero-order chi connectivity index (χ0) is 24.6. The SMILES string of the molecule is CCN(CC)CC.COc1ccc(C=C2C(=O)N(c3ccc(S(=O)(=O)O)cc3)N=C2C)cc1. The monoisotopic (exact) mass is 473 g/mol. The minimum absolute atomic E-state index is 0.248. The Hall–Kier alpha value is -3.01. The molecule has 0 radical (unpaired) electrons. The molecule has 0 saturated carbocycles. The van der Waals surface area contributed by atoms with E-state index >= 15 is 0 Å². The number of hydrogen-bond acceptors (Lipinski definition) is 6. The lowest BCUT2D eigenvalue weighted by molar-refractivity contribution is -0.114. The van der Waals surface area contributed by atoms with Crippen LogP contribution in [0.4, 0.5) is 5.69 Å². The van der Waals surface area contributed by atoms with Gasteiger partial charge in [-0.3, -0.25) is 9.35 Å². The van der Waals surface area contributed by atoms with Crippen LogP contribution in [0.15, 0.2) is 64.1 Å². The van der Waals surface area contributed by atoms with E-state index in [0.717, 1.165) is 11.3 Å². The number of rotatable bonds is 7. The lowest BCUT2D eigenvalue weighted by Crippen LogP contribution is -2.21. The van der Waals surface area contributed by atoms with Crippen LogP contribution in [0.3, 0.4) is 0 Å². The minimum Gasteiger partial charge on any atom is -0.497 e. The van der Waals surface area contributed by atoms with Gasteiger partial charge >= 0.3 is 0 Å². The van der Waals surface area contributed by atoms with Crippen LogP contribution in [0, 0.1) is 0 Å². The van der Waals surface area contributed by atoms with Gasteiger partial charge in [0.15, 0.2) is 0 Å². The fraction of sp³-hybridized carbons (Fsp3) is 0.333. The Morgan fingerprint density at radius 1 is 1.00 bits per heavy atom. The van der Waals surface area contributed by atoms with E-state index in [1.54, 1.807) is 32.2 Å². The number of methoxy groups -OCH3 is 1. The topological polar surface area (TPSA) is 99.5 Å². The quantitative estimate of drug-likeness (QED) is 0.480. The van der Waals surface area contributed by atoms with Crippen LogP contribution < -0.4 is 9.75 Å². The molecule has 1 aliphatic heterocycles. The van der Waals surface area contributed by atoms with Crippen LogP contribution in [0.1, 0.15) is 33.3 Å². The second-order valence-corrected chi connectivity index (χ2v) is 8.64. The van der Waals surface area contributed by atoms with Crippen LogP contribution in [-0.2, 0) is 14.9 Å². The first-order valence-electron chi connectivity index (χ1n) is 10.7. The highest BCUT2D eigenvalue weighted by atomic mass is 32.2. The van der Waals surface area contributed by atoms with Gasteiger partial charge in [0, 0.05) is 0 Å². The van der Waals surface area contributed by atoms with Gasteiger partial charge in [0.2, 0.25) is 0 Å². The van der Waals surface area contributed by atoms with E-state index in [1.165, 1.54) is 48.9 Å². The summed E-state index contributed by atoms with van der Waals surface area (Å²) in [7, 11) is -2.71. The Labute approximate surface area is 195 Å². The third-order valence-corrected chi connectivity index (χ3v) is 6.08. The number of nitrogens with zero attached hydrogens (tertiary/aromatic N) is 3. The summed E-state index contributed by atoms with van der Waals surface area (Å²) in [4.78, 5) is 14.8. The number of amides is 1. The number of ether oxygens (including phenoxy) is 1. The van der Waals surface area contributed by atoms with Crippen molar-refractivity contribution in [2.24, 2.45) is 5.10 Å². The van der Waals surface area contributed by atoms with E-state index < -0.39 is 10.1 Å². The molecule has 33 heavy (non-hydrogen) atoms. The Morgan fingerprint density at radius 2 is 1.55 bits per heavy atom. The largest absolute Gasteiger partial charge is 0.497 e. The molecule has 2 aromatic rings. The predicted molar refractivity (Wildman–Crippen MR) is 131 cm³/mol. The molecule has 0 atom stereocenters. The van der Waals surface area contributed by atoms with Gasteiger partial charge in [-0.2, -0.15) is 18.5 Å². The van der Waals surface area contributed by atoms with Gasteiger partial charge in [-0.25, -0.2) is 0 Å². The first-order valence-corrected chi connectivity index (χ1v) is 12.1. The fourth-order valence-electron chi connectivity index (χ4n) is 3.16. The molecule has 3 rings (SSSR count). The van der Waals surface area contributed by atoms with Crippen molar-refractivity contribution in [3.8, 4) is 5.75 Å². The molecule has 0 spiro atoms. The molecule has 0 aliphatic carbocycles. The fourth-order valence-corrected chi connectivity index (χ4v) is 3.64. The van der Waals surface area contributed by atoms with Crippen molar-refractivity contribution in [3.63, 3.8) is 0 Å². The number of hydrogen-bond donors (Lipinski definition) is 1. The number of hydrazone groups is 1. The van der Waals surface area contributed by atoms with Gasteiger partial charge < -0.3 is 9.64 Å². The van der Waals surface area contributed by atoms with Crippen LogP contribution in [0.5, 0.6) is 5.75 Å². The summed E-state index contributed by atoms with van der Waals surface area (Å²) in [5, 5.41) is 5.43. The van der Waals surface area contributed by atoms with Crippen LogP contribution in [0.25, 0.3) is 6.08 Å². The number of carbonyl (C=O) groups excluding carboxylic acids is 1. The average Bonchev–Trinajstić information content (AvgIpc) is 3.09. The number of anilines is 1. The molecule has 9 heteroatoms. The smallest absolute Gasteiger partial charge is 0.294 e. The highest BCUT2D eigenvalue weighted by molar-refractivity contribution is 7.85. The molecular weight excluding hydrogens is 442 g/mol. The molecular formula is C24H31N3O5S. The second-order valence-electron chi connectivity index (χ2n) is 7.22. The molecule has 1 amide bonds. The highest BCUT2D eigenvalue weighted by Crippen LogP contribution is 2.26. The van der Waals surface area contributed by atoms with Crippen LogP contribution >= 0.6 is 0 Å². The van der Waals surface area contributed by atoms with Gasteiger partial charge in [0.1, 0.15) is 5.75 Å². The van der Waals surface area contributed by atoms with E-state index in [2.05, 4.69) is 30.8 Å². The zero-order valence-electron chi connectivity index (χ0n) is 19.6. The van der Waals surface area contributed by atoms with Crippen LogP contribution in [0.2, 0.25) is 0 Å². The lowest BCUT2D eigenvalue weighted by atomic mass is 10.1. The van der Waals surface area contributed by atoms with E-state index in [9.17, 15) is 13.2 Å². The summed E-state index contributed by atoms with van der Waals surface area (Å²) in [6.07, 6.45) is 1.73. The average molecular weight is 474 g/mol. The van der Waals surface area contributed by atoms with Crippen molar-refractivity contribution in [1.82, 2.24) is 4.90 Å². The predicted octanol–water partition coefficient (Wildman–Crippen LogP) is 4.10. The molecule has 0 unspecified atom stereocenters. The molecule has 0 bridgehead atoms. The van der Waals surface area contributed by atoms with Crippen molar-refractivity contribution in [3.05, 3.63) is 59.7 Å². The van der Waals surface area contributed by atoms with Gasteiger partial charge in [-0.1, -0.05) is 32.9 Å². The van der Waals surface area contributed by atoms with E-state index in [1.807, 2.05) is 12.1 Å². The molecule has 0 saturated heterocycles. The Balaban J connectivity index is 0.000000479. The molecule has 178 valence electrons. The van der Waals surface area contributed by atoms with Crippen molar-refractivity contribution < 1.29 is 22.5 Å². The van der Waals surface area contributed by atoms with Crippen molar-refractivity contribution in [2.75, 3.05) is 31.8 Å². The summed E-state index contributed by atoms with van der Waals surface area (Å²) < 4.78 is 36.4. The summed E-state index contributed by atoms with van der Waals surface area (Å²) >= 11 is 0. The van der Waals surface area contributed by atoms with Gasteiger partial charge in [-0.15, -0.1) is 0 Å². The third-order valence-electron chi connectivity index (χ3n) is 5.21. The first-order chi connectivity index (χ1) is 15.6. The molecule has 0 aromatic heterocycles. The van der Waals surface area contributed by atoms with Gasteiger partial charge in [-0.05, 0) is 74.6 Å². The maximum Gasteiger partial charge on any atom is 0.294 e. The molecule has 0 fully saturated rings. The van der Waals surface area contributed by atoms with Crippen molar-refractivity contribution >= 4 is 33.5 Å². The standard InChI is InChI=1S/C18H16N2O5S.C6H15N/c1-12-17(11-13-3-7-15(25-2)8-4-13)18(21)20(19-12)14-5-9-16(10-6-14)26(22,23)24;1-4-7(5-2)6-3/h3-11H,1-2H3,(H,22,23,24);4-6H2,1-3H3. The Morgan fingerprint density at radius 3 is 1.97 bits per heavy atom. The summed E-state index contributed by atoms with van der Waals surface area (Å²) in [5.41, 5.74) is 2.21. The lowest BCUT2D eigenvalue weighted by Gasteiger charge is -2.13. The first kappa shape index (κ1) is 26.2. The zero-order valence-corrected chi connectivity index (χ0v) is 20.5. The molecule has 1 aliphatic rings. The molecule has 1 heterocycles. The second kappa shape index (κ2) is 11.7. The summed E-state index contributed by atoms with van der Waals surface area (Å²) in [6, 6.07) is 12.5. The highest BCUT2D eigenvalue weighted by Gasteiger charge is 2.28. The summed E-state index contributed by atoms with van der Waals surface area (Å²) in [6.45, 7) is 11.8. The Bertz CT molecular complexity index is 1100. The minimum atomic E-state index is -4.29. The molecule has 2 aromatic carbocycles. The van der Waals surface area contributed by atoms with Gasteiger partial charge in [0.25, 0.3) is 16.0 Å². The Kier molecular flexibility index (Phi) is 9.33. The van der Waals surface area contributed by atoms with Gasteiger partial charge in [0.05, 0.1) is 29.0 Å². The maximum absolute atomic E-state index is 12.7. The van der Waals surface area contributed by atoms with E-state index in [0.29, 0.717) is 17.0 Å².